The third-order valence-corrected chi connectivity index (χ3v) is 2.49. The van der Waals surface area contributed by atoms with E-state index in [1.54, 1.807) is 7.11 Å². The first-order valence-electron chi connectivity index (χ1n) is 6.25. The normalized spacial score (nSPS) is 12.7. The van der Waals surface area contributed by atoms with Crippen molar-refractivity contribution in [3.8, 4) is 5.75 Å². The van der Waals surface area contributed by atoms with Crippen LogP contribution in [-0.2, 0) is 11.3 Å². The van der Waals surface area contributed by atoms with Crippen LogP contribution in [0, 0.1) is 0 Å². The van der Waals surface area contributed by atoms with Crippen LogP contribution in [0.25, 0.3) is 0 Å². The van der Waals surface area contributed by atoms with Crippen molar-refractivity contribution in [2.24, 2.45) is 0 Å². The fraction of sp³-hybridized carbons (Fsp3) is 0.571. The highest BCUT2D eigenvalue weighted by molar-refractivity contribution is 5.26. The molecule has 18 heavy (non-hydrogen) atoms. The van der Waals surface area contributed by atoms with Crippen molar-refractivity contribution in [1.29, 1.82) is 0 Å². The van der Waals surface area contributed by atoms with Crippen molar-refractivity contribution in [3.63, 3.8) is 0 Å². The third-order valence-electron chi connectivity index (χ3n) is 2.49. The summed E-state index contributed by atoms with van der Waals surface area (Å²) in [7, 11) is 1.65. The number of nitrogens with one attached hydrogen (secondary N) is 1. The molecule has 1 aromatic rings. The van der Waals surface area contributed by atoms with Crippen LogP contribution in [0.2, 0.25) is 0 Å². The number of aliphatic hydroxyl groups excluding tert-OH is 1. The monoisotopic (exact) mass is 253 g/mol. The number of hydrogen-bond acceptors (Lipinski definition) is 4. The molecule has 102 valence electrons. The van der Waals surface area contributed by atoms with Crippen molar-refractivity contribution < 1.29 is 14.6 Å². The van der Waals surface area contributed by atoms with Gasteiger partial charge in [-0.2, -0.15) is 0 Å². The van der Waals surface area contributed by atoms with E-state index in [2.05, 4.69) is 5.32 Å². The zero-order valence-electron chi connectivity index (χ0n) is 11.3. The van der Waals surface area contributed by atoms with Crippen LogP contribution >= 0.6 is 0 Å². The van der Waals surface area contributed by atoms with Crippen molar-refractivity contribution in [1.82, 2.24) is 5.32 Å². The van der Waals surface area contributed by atoms with E-state index < -0.39 is 6.10 Å². The van der Waals surface area contributed by atoms with Crippen molar-refractivity contribution in [3.05, 3.63) is 29.8 Å². The van der Waals surface area contributed by atoms with Gasteiger partial charge in [0.05, 0.1) is 25.9 Å². The van der Waals surface area contributed by atoms with Gasteiger partial charge in [-0.05, 0) is 31.5 Å². The van der Waals surface area contributed by atoms with Crippen molar-refractivity contribution in [2.45, 2.75) is 32.6 Å². The molecule has 0 bridgehead atoms. The maximum atomic E-state index is 9.65. The molecular formula is C14H23NO3. The average Bonchev–Trinajstić information content (AvgIpc) is 2.37. The molecule has 0 spiro atoms. The van der Waals surface area contributed by atoms with Crippen molar-refractivity contribution in [2.75, 3.05) is 20.3 Å². The van der Waals surface area contributed by atoms with E-state index in [-0.39, 0.29) is 6.10 Å². The fourth-order valence-electron chi connectivity index (χ4n) is 1.49. The molecule has 1 atom stereocenters. The van der Waals surface area contributed by atoms with Gasteiger partial charge < -0.3 is 19.9 Å². The highest BCUT2D eigenvalue weighted by Crippen LogP contribution is 2.10. The highest BCUT2D eigenvalue weighted by atomic mass is 16.5. The Morgan fingerprint density at radius 1 is 1.22 bits per heavy atom. The summed E-state index contributed by atoms with van der Waals surface area (Å²) < 4.78 is 10.4. The summed E-state index contributed by atoms with van der Waals surface area (Å²) in [5.41, 5.74) is 1.16. The van der Waals surface area contributed by atoms with Gasteiger partial charge >= 0.3 is 0 Å². The van der Waals surface area contributed by atoms with Gasteiger partial charge in [-0.25, -0.2) is 0 Å². The summed E-state index contributed by atoms with van der Waals surface area (Å²) in [5.74, 6) is 0.851. The lowest BCUT2D eigenvalue weighted by molar-refractivity contribution is 0.00630. The van der Waals surface area contributed by atoms with Crippen LogP contribution in [0.15, 0.2) is 24.3 Å². The molecule has 2 N–H and O–H groups in total. The molecule has 0 fully saturated rings. The second-order valence-corrected chi connectivity index (χ2v) is 4.51. The Labute approximate surface area is 109 Å². The number of methoxy groups -OCH3 is 1. The first kappa shape index (κ1) is 15.0. The molecule has 1 aromatic carbocycles. The molecule has 0 aliphatic carbocycles. The lowest BCUT2D eigenvalue weighted by Crippen LogP contribution is -2.31. The Bertz CT molecular complexity index is 324. The largest absolute Gasteiger partial charge is 0.497 e. The minimum Gasteiger partial charge on any atom is -0.497 e. The van der Waals surface area contributed by atoms with Crippen LogP contribution in [0.4, 0.5) is 0 Å². The Balaban J connectivity index is 2.20. The first-order chi connectivity index (χ1) is 8.61. The van der Waals surface area contributed by atoms with E-state index >= 15 is 0 Å². The van der Waals surface area contributed by atoms with E-state index in [9.17, 15) is 5.11 Å². The smallest absolute Gasteiger partial charge is 0.118 e. The number of hydrogen-bond donors (Lipinski definition) is 2. The van der Waals surface area contributed by atoms with Crippen LogP contribution < -0.4 is 10.1 Å². The molecule has 1 unspecified atom stereocenters. The van der Waals surface area contributed by atoms with Crippen LogP contribution in [0.5, 0.6) is 5.75 Å². The van der Waals surface area contributed by atoms with E-state index in [1.807, 2.05) is 38.1 Å². The summed E-state index contributed by atoms with van der Waals surface area (Å²) in [6.07, 6.45) is -0.313. The Hall–Kier alpha value is -1.10. The SMILES string of the molecule is COc1ccc(CNCC(O)COC(C)C)cc1. The molecule has 4 nitrogen and oxygen atoms in total. The number of benzene rings is 1. The fourth-order valence-corrected chi connectivity index (χ4v) is 1.49. The standard InChI is InChI=1S/C14H23NO3/c1-11(2)18-10-13(16)9-15-8-12-4-6-14(17-3)7-5-12/h4-7,11,13,15-16H,8-10H2,1-3H3. The second kappa shape index (κ2) is 8.08. The van der Waals surface area contributed by atoms with E-state index in [4.69, 9.17) is 9.47 Å². The zero-order chi connectivity index (χ0) is 13.4. The zero-order valence-corrected chi connectivity index (χ0v) is 11.3. The van der Waals surface area contributed by atoms with Gasteiger partial charge in [0.2, 0.25) is 0 Å². The van der Waals surface area contributed by atoms with Gasteiger partial charge in [-0.1, -0.05) is 12.1 Å². The number of rotatable bonds is 8. The molecule has 1 rings (SSSR count). The maximum Gasteiger partial charge on any atom is 0.118 e. The minimum atomic E-state index is -0.467. The van der Waals surface area contributed by atoms with Crippen LogP contribution in [-0.4, -0.2) is 37.6 Å². The molecular weight excluding hydrogens is 230 g/mol. The van der Waals surface area contributed by atoms with Gasteiger partial charge in [0, 0.05) is 13.1 Å². The average molecular weight is 253 g/mol. The maximum absolute atomic E-state index is 9.65. The van der Waals surface area contributed by atoms with Crippen molar-refractivity contribution >= 4 is 0 Å². The summed E-state index contributed by atoms with van der Waals surface area (Å²) in [6.45, 7) is 5.53. The lowest BCUT2D eigenvalue weighted by atomic mass is 10.2. The second-order valence-electron chi connectivity index (χ2n) is 4.51. The van der Waals surface area contributed by atoms with E-state index in [1.165, 1.54) is 0 Å². The lowest BCUT2D eigenvalue weighted by Gasteiger charge is -2.14. The van der Waals surface area contributed by atoms with Gasteiger partial charge in [-0.3, -0.25) is 0 Å². The molecule has 0 radical (unpaired) electrons. The molecule has 4 heteroatoms. The van der Waals surface area contributed by atoms with E-state index in [0.717, 1.165) is 17.9 Å². The Kier molecular flexibility index (Phi) is 6.72. The molecule has 0 aliphatic heterocycles. The molecule has 0 amide bonds. The van der Waals surface area contributed by atoms with Gasteiger partial charge in [0.25, 0.3) is 0 Å². The molecule has 0 aromatic heterocycles. The number of ether oxygens (including phenoxy) is 2. The Morgan fingerprint density at radius 3 is 2.44 bits per heavy atom. The van der Waals surface area contributed by atoms with Gasteiger partial charge in [0.1, 0.15) is 5.75 Å². The summed E-state index contributed by atoms with van der Waals surface area (Å²) in [6, 6.07) is 7.86. The Morgan fingerprint density at radius 2 is 1.89 bits per heavy atom. The molecule has 0 heterocycles. The third kappa shape index (κ3) is 6.00. The quantitative estimate of drug-likeness (QED) is 0.738. The van der Waals surface area contributed by atoms with Gasteiger partial charge in [-0.15, -0.1) is 0 Å². The van der Waals surface area contributed by atoms with Crippen LogP contribution in [0.3, 0.4) is 0 Å². The van der Waals surface area contributed by atoms with E-state index in [0.29, 0.717) is 13.2 Å². The predicted octanol–water partition coefficient (Wildman–Crippen LogP) is 1.57. The molecule has 0 saturated carbocycles. The summed E-state index contributed by atoms with van der Waals surface area (Å²) in [4.78, 5) is 0. The van der Waals surface area contributed by atoms with Crippen LogP contribution in [0.1, 0.15) is 19.4 Å². The van der Waals surface area contributed by atoms with Gasteiger partial charge in [0.15, 0.2) is 0 Å². The minimum absolute atomic E-state index is 0.154. The molecule has 0 saturated heterocycles. The first-order valence-corrected chi connectivity index (χ1v) is 6.25. The summed E-state index contributed by atoms with van der Waals surface area (Å²) >= 11 is 0. The highest BCUT2D eigenvalue weighted by Gasteiger charge is 2.05. The summed E-state index contributed by atoms with van der Waals surface area (Å²) in [5, 5.41) is 12.8. The topological polar surface area (TPSA) is 50.7 Å². The predicted molar refractivity (Wildman–Crippen MR) is 71.8 cm³/mol. The molecule has 0 aliphatic rings. The number of aliphatic hydroxyl groups is 1.